The largest absolute Gasteiger partial charge is 0.417 e. The molecule has 7 heteroatoms. The topological polar surface area (TPSA) is 38.5 Å². The minimum absolute atomic E-state index is 0.159. The van der Waals surface area contributed by atoms with Crippen LogP contribution in [0.15, 0.2) is 18.2 Å². The first-order valence-electron chi connectivity index (χ1n) is 6.07. The average molecular weight is 306 g/mol. The first kappa shape index (κ1) is 16.7. The first-order valence-corrected chi connectivity index (χ1v) is 6.48. The van der Waals surface area contributed by atoms with Gasteiger partial charge in [0, 0.05) is 31.5 Å². The Morgan fingerprint density at radius 3 is 2.55 bits per heavy atom. The predicted molar refractivity (Wildman–Crippen MR) is 77.1 cm³/mol. The second-order valence-electron chi connectivity index (χ2n) is 4.21. The number of hydrogen-bond donors (Lipinski definition) is 1. The zero-order valence-corrected chi connectivity index (χ0v) is 12.1. The number of nitrogens with zero attached hydrogens (tertiary/aromatic N) is 1. The Kier molecular flexibility index (Phi) is 5.76. The van der Waals surface area contributed by atoms with Crippen LogP contribution >= 0.6 is 12.2 Å². The number of halogens is 3. The molecule has 0 aliphatic heterocycles. The van der Waals surface area contributed by atoms with E-state index in [9.17, 15) is 13.2 Å². The van der Waals surface area contributed by atoms with Gasteiger partial charge in [0.25, 0.3) is 0 Å². The van der Waals surface area contributed by atoms with E-state index in [0.29, 0.717) is 25.4 Å². The third kappa shape index (κ3) is 4.35. The van der Waals surface area contributed by atoms with E-state index in [1.165, 1.54) is 12.1 Å². The molecule has 0 atom stereocenters. The smallest absolute Gasteiger partial charge is 0.389 e. The van der Waals surface area contributed by atoms with Gasteiger partial charge in [-0.3, -0.25) is 0 Å². The van der Waals surface area contributed by atoms with Gasteiger partial charge in [-0.25, -0.2) is 0 Å². The third-order valence-electron chi connectivity index (χ3n) is 2.79. The summed E-state index contributed by atoms with van der Waals surface area (Å²) in [5.41, 5.74) is 5.03. The standard InChI is InChI=1S/C13H17F3N2OS/c1-3-19-7-6-18(2)9-4-5-11(13(14,15)16)10(8-9)12(17)20/h4-5,8H,3,6-7H2,1-2H3,(H2,17,20). The Labute approximate surface area is 121 Å². The lowest BCUT2D eigenvalue weighted by atomic mass is 10.1. The van der Waals surface area contributed by atoms with E-state index in [1.807, 2.05) is 6.92 Å². The molecule has 112 valence electrons. The van der Waals surface area contributed by atoms with Crippen molar-refractivity contribution >= 4 is 22.9 Å². The molecule has 3 nitrogen and oxygen atoms in total. The summed E-state index contributed by atoms with van der Waals surface area (Å²) in [6.07, 6.45) is -4.47. The number of nitrogens with two attached hydrogens (primary N) is 1. The van der Waals surface area contributed by atoms with Gasteiger partial charge in [-0.2, -0.15) is 13.2 Å². The molecule has 2 N–H and O–H groups in total. The SMILES string of the molecule is CCOCCN(C)c1ccc(C(F)(F)F)c(C(N)=S)c1. The molecule has 0 aromatic heterocycles. The van der Waals surface area contributed by atoms with E-state index >= 15 is 0 Å². The van der Waals surface area contributed by atoms with Crippen LogP contribution in [0, 0.1) is 0 Å². The molecule has 1 aromatic rings. The Hall–Kier alpha value is -1.34. The molecule has 0 spiro atoms. The fourth-order valence-corrected chi connectivity index (χ4v) is 1.86. The first-order chi connectivity index (χ1) is 9.27. The molecule has 0 heterocycles. The van der Waals surface area contributed by atoms with Crippen LogP contribution in [0.4, 0.5) is 18.9 Å². The summed E-state index contributed by atoms with van der Waals surface area (Å²) in [7, 11) is 1.77. The zero-order chi connectivity index (χ0) is 15.3. The summed E-state index contributed by atoms with van der Waals surface area (Å²) in [4.78, 5) is 1.52. The second-order valence-corrected chi connectivity index (χ2v) is 4.65. The number of benzene rings is 1. The van der Waals surface area contributed by atoms with Crippen molar-refractivity contribution in [2.45, 2.75) is 13.1 Å². The highest BCUT2D eigenvalue weighted by molar-refractivity contribution is 7.80. The number of likely N-dealkylation sites (N-methyl/N-ethyl adjacent to an activating group) is 1. The quantitative estimate of drug-likeness (QED) is 0.648. The van der Waals surface area contributed by atoms with Crippen LogP contribution in [0.1, 0.15) is 18.1 Å². The highest BCUT2D eigenvalue weighted by Gasteiger charge is 2.34. The molecule has 0 aliphatic carbocycles. The van der Waals surface area contributed by atoms with Crippen molar-refractivity contribution in [2.75, 3.05) is 31.7 Å². The molecule has 0 radical (unpaired) electrons. The van der Waals surface area contributed by atoms with E-state index in [1.54, 1.807) is 11.9 Å². The number of alkyl halides is 3. The van der Waals surface area contributed by atoms with Gasteiger partial charge in [0.1, 0.15) is 4.99 Å². The van der Waals surface area contributed by atoms with Crippen molar-refractivity contribution in [3.63, 3.8) is 0 Å². The molecular weight excluding hydrogens is 289 g/mol. The van der Waals surface area contributed by atoms with Crippen LogP contribution in [0.3, 0.4) is 0 Å². The number of thiocarbonyl (C=S) groups is 1. The minimum atomic E-state index is -4.47. The van der Waals surface area contributed by atoms with E-state index in [2.05, 4.69) is 0 Å². The lowest BCUT2D eigenvalue weighted by molar-refractivity contribution is -0.137. The lowest BCUT2D eigenvalue weighted by Gasteiger charge is -2.21. The van der Waals surface area contributed by atoms with Crippen LogP contribution in [0.2, 0.25) is 0 Å². The number of hydrogen-bond acceptors (Lipinski definition) is 3. The maximum atomic E-state index is 12.8. The van der Waals surface area contributed by atoms with Gasteiger partial charge in [0.2, 0.25) is 0 Å². The summed E-state index contributed by atoms with van der Waals surface area (Å²) in [5, 5.41) is 0. The fraction of sp³-hybridized carbons (Fsp3) is 0.462. The Bertz CT molecular complexity index is 477. The Morgan fingerprint density at radius 2 is 2.05 bits per heavy atom. The number of rotatable bonds is 6. The van der Waals surface area contributed by atoms with Gasteiger partial charge in [-0.1, -0.05) is 12.2 Å². The molecule has 0 saturated carbocycles. The summed E-state index contributed by atoms with van der Waals surface area (Å²) < 4.78 is 43.7. The van der Waals surface area contributed by atoms with Crippen molar-refractivity contribution in [3.8, 4) is 0 Å². The molecule has 0 aliphatic rings. The highest BCUT2D eigenvalue weighted by atomic mass is 32.1. The predicted octanol–water partition coefficient (Wildman–Crippen LogP) is 2.81. The van der Waals surface area contributed by atoms with Gasteiger partial charge in [0.15, 0.2) is 0 Å². The minimum Gasteiger partial charge on any atom is -0.389 e. The Morgan fingerprint density at radius 1 is 1.40 bits per heavy atom. The van der Waals surface area contributed by atoms with Crippen LogP contribution in [-0.4, -0.2) is 31.8 Å². The van der Waals surface area contributed by atoms with Crippen molar-refractivity contribution in [2.24, 2.45) is 5.73 Å². The third-order valence-corrected chi connectivity index (χ3v) is 3.01. The maximum absolute atomic E-state index is 12.8. The molecule has 1 rings (SSSR count). The molecule has 0 fully saturated rings. The van der Waals surface area contributed by atoms with Gasteiger partial charge in [-0.05, 0) is 25.1 Å². The van der Waals surface area contributed by atoms with Gasteiger partial charge in [0.05, 0.1) is 12.2 Å². The molecule has 0 unspecified atom stereocenters. The van der Waals surface area contributed by atoms with E-state index < -0.39 is 11.7 Å². The number of ether oxygens (including phenoxy) is 1. The summed E-state index contributed by atoms with van der Waals surface area (Å²) in [6.45, 7) is 3.54. The van der Waals surface area contributed by atoms with Gasteiger partial charge in [-0.15, -0.1) is 0 Å². The van der Waals surface area contributed by atoms with E-state index in [-0.39, 0.29) is 10.6 Å². The van der Waals surface area contributed by atoms with E-state index in [4.69, 9.17) is 22.7 Å². The zero-order valence-electron chi connectivity index (χ0n) is 11.3. The molecule has 20 heavy (non-hydrogen) atoms. The van der Waals surface area contributed by atoms with Crippen LogP contribution in [0.25, 0.3) is 0 Å². The molecule has 0 bridgehead atoms. The summed E-state index contributed by atoms with van der Waals surface area (Å²) in [6, 6.07) is 3.76. The molecule has 0 amide bonds. The van der Waals surface area contributed by atoms with Crippen molar-refractivity contribution in [3.05, 3.63) is 29.3 Å². The maximum Gasteiger partial charge on any atom is 0.417 e. The van der Waals surface area contributed by atoms with Crippen molar-refractivity contribution in [1.29, 1.82) is 0 Å². The average Bonchev–Trinajstić information content (AvgIpc) is 2.37. The molecule has 0 saturated heterocycles. The van der Waals surface area contributed by atoms with Crippen molar-refractivity contribution < 1.29 is 17.9 Å². The fourth-order valence-electron chi connectivity index (χ4n) is 1.70. The molecule has 1 aromatic carbocycles. The normalized spacial score (nSPS) is 11.4. The summed E-state index contributed by atoms with van der Waals surface area (Å²) >= 11 is 4.71. The summed E-state index contributed by atoms with van der Waals surface area (Å²) in [5.74, 6) is 0. The molecular formula is C13H17F3N2OS. The van der Waals surface area contributed by atoms with Gasteiger partial charge < -0.3 is 15.4 Å². The van der Waals surface area contributed by atoms with Crippen LogP contribution < -0.4 is 10.6 Å². The second kappa shape index (κ2) is 6.90. The van der Waals surface area contributed by atoms with Crippen molar-refractivity contribution in [1.82, 2.24) is 0 Å². The Balaban J connectivity index is 3.02. The van der Waals surface area contributed by atoms with Crippen LogP contribution in [0.5, 0.6) is 0 Å². The monoisotopic (exact) mass is 306 g/mol. The lowest BCUT2D eigenvalue weighted by Crippen LogP contribution is -2.24. The van der Waals surface area contributed by atoms with Crippen LogP contribution in [-0.2, 0) is 10.9 Å². The van der Waals surface area contributed by atoms with E-state index in [0.717, 1.165) is 6.07 Å². The van der Waals surface area contributed by atoms with Gasteiger partial charge >= 0.3 is 6.18 Å². The highest BCUT2D eigenvalue weighted by Crippen LogP contribution is 2.33. The number of anilines is 1.